The van der Waals surface area contributed by atoms with Crippen LogP contribution in [0, 0.1) is 11.6 Å². The van der Waals surface area contributed by atoms with Crippen LogP contribution in [0.25, 0.3) is 22.2 Å². The molecule has 0 amide bonds. The van der Waals surface area contributed by atoms with Crippen LogP contribution >= 0.6 is 27.3 Å². The van der Waals surface area contributed by atoms with Gasteiger partial charge in [-0.15, -0.1) is 11.3 Å². The van der Waals surface area contributed by atoms with Gasteiger partial charge in [-0.3, -0.25) is 4.98 Å². The van der Waals surface area contributed by atoms with Crippen molar-refractivity contribution in [3.63, 3.8) is 0 Å². The number of benzene rings is 3. The molecule has 14 heteroatoms. The second kappa shape index (κ2) is 15.5. The number of thiazole rings is 1. The highest BCUT2D eigenvalue weighted by molar-refractivity contribution is 9.10. The number of halogens is 3. The summed E-state index contributed by atoms with van der Waals surface area (Å²) in [5.74, 6) is 0.308. The van der Waals surface area contributed by atoms with Gasteiger partial charge in [-0.1, -0.05) is 18.2 Å². The molecule has 244 valence electrons. The van der Waals surface area contributed by atoms with Gasteiger partial charge in [-0.25, -0.2) is 23.7 Å². The molecular weight excluding hydrogens is 722 g/mol. The number of ether oxygens (including phenoxy) is 1. The number of nitrogens with zero attached hydrogens (tertiary/aromatic N) is 4. The highest BCUT2D eigenvalue weighted by atomic mass is 79.9. The third kappa shape index (κ3) is 8.26. The number of fused-ring (bicyclic) bond motifs is 1. The number of anilines is 2. The molecule has 9 nitrogen and oxygen atoms in total. The van der Waals surface area contributed by atoms with Crippen molar-refractivity contribution < 1.29 is 21.9 Å². The van der Waals surface area contributed by atoms with Crippen molar-refractivity contribution in [3.8, 4) is 17.0 Å². The fraction of sp³-hybridized carbons (Fsp3) is 0.147. The van der Waals surface area contributed by atoms with Gasteiger partial charge in [0.2, 0.25) is 10.3 Å². The molecule has 3 aromatic carbocycles. The predicted octanol–water partition coefficient (Wildman–Crippen LogP) is 7.13. The van der Waals surface area contributed by atoms with Crippen LogP contribution in [-0.2, 0) is 23.3 Å². The van der Waals surface area contributed by atoms with Crippen LogP contribution in [0.1, 0.15) is 22.7 Å². The zero-order chi connectivity index (χ0) is 33.5. The minimum atomic E-state index is -2.38. The summed E-state index contributed by atoms with van der Waals surface area (Å²) in [6.07, 6.45) is 4.27. The lowest BCUT2D eigenvalue weighted by atomic mass is 10.1. The zero-order valence-electron chi connectivity index (χ0n) is 25.2. The van der Waals surface area contributed by atoms with E-state index in [9.17, 15) is 12.8 Å². The molecule has 0 saturated heterocycles. The van der Waals surface area contributed by atoms with Crippen LogP contribution in [0.3, 0.4) is 0 Å². The van der Waals surface area contributed by atoms with Gasteiger partial charge in [0, 0.05) is 47.2 Å². The molecule has 0 atom stereocenters. The minimum Gasteiger partial charge on any atom is -0.488 e. The maximum atomic E-state index is 15.3. The topological polar surface area (TPSA) is 119 Å². The van der Waals surface area contributed by atoms with E-state index in [1.165, 1.54) is 35.9 Å². The molecule has 0 aliphatic carbocycles. The normalized spacial score (nSPS) is 11.1. The van der Waals surface area contributed by atoms with Crippen molar-refractivity contribution in [2.75, 3.05) is 18.4 Å². The Hall–Kier alpha value is -4.63. The average Bonchev–Trinajstić information content (AvgIpc) is 3.55. The Kier molecular flexibility index (Phi) is 10.8. The van der Waals surface area contributed by atoms with Crippen molar-refractivity contribution in [1.82, 2.24) is 25.3 Å². The van der Waals surface area contributed by atoms with Crippen molar-refractivity contribution in [3.05, 3.63) is 123 Å². The number of hydrogen-bond donors (Lipinski definition) is 2. The average molecular weight is 750 g/mol. The van der Waals surface area contributed by atoms with Crippen LogP contribution in [-0.4, -0.2) is 46.3 Å². The largest absolute Gasteiger partial charge is 0.488 e. The summed E-state index contributed by atoms with van der Waals surface area (Å²) in [5, 5.41) is 9.71. The van der Waals surface area contributed by atoms with Gasteiger partial charge in [-0.05, 0) is 83.0 Å². The molecule has 0 spiro atoms. The van der Waals surface area contributed by atoms with Gasteiger partial charge >= 0.3 is 0 Å². The molecule has 0 fully saturated rings. The Morgan fingerprint density at radius 1 is 0.979 bits per heavy atom. The Bertz CT molecular complexity index is 2210. The molecule has 0 aliphatic rings. The van der Waals surface area contributed by atoms with Crippen molar-refractivity contribution in [2.24, 2.45) is 0 Å². The van der Waals surface area contributed by atoms with E-state index in [1.54, 1.807) is 48.7 Å². The summed E-state index contributed by atoms with van der Waals surface area (Å²) in [6.45, 7) is 0.943. The van der Waals surface area contributed by atoms with Crippen molar-refractivity contribution in [2.45, 2.75) is 19.4 Å². The number of aryl methyl sites for hydroxylation is 1. The molecular formula is C34H27BrF2N6O3S2. The third-order valence-corrected chi connectivity index (χ3v) is 9.50. The second-order valence-electron chi connectivity index (χ2n) is 10.5. The van der Waals surface area contributed by atoms with Crippen molar-refractivity contribution >= 4 is 64.8 Å². The van der Waals surface area contributed by atoms with Crippen LogP contribution in [0.2, 0.25) is 0 Å². The second-order valence-corrected chi connectivity index (χ2v) is 13.3. The van der Waals surface area contributed by atoms with E-state index in [2.05, 4.69) is 46.5 Å². The number of pyridine rings is 1. The fourth-order valence-corrected chi connectivity index (χ4v) is 6.72. The summed E-state index contributed by atoms with van der Waals surface area (Å²) >= 11 is 4.98. The van der Waals surface area contributed by atoms with E-state index in [1.807, 2.05) is 17.5 Å². The molecule has 0 aliphatic heterocycles. The van der Waals surface area contributed by atoms with Gasteiger partial charge in [0.25, 0.3) is 0 Å². The van der Waals surface area contributed by atoms with Gasteiger partial charge in [0.05, 0.1) is 26.4 Å². The summed E-state index contributed by atoms with van der Waals surface area (Å²) < 4.78 is 58.7. The highest BCUT2D eigenvalue weighted by Gasteiger charge is 2.15. The van der Waals surface area contributed by atoms with E-state index in [4.69, 9.17) is 4.74 Å². The number of aromatic nitrogens is 4. The first kappa shape index (κ1) is 33.3. The quantitative estimate of drug-likeness (QED) is 0.0722. The number of rotatable bonds is 13. The van der Waals surface area contributed by atoms with Crippen LogP contribution in [0.4, 0.5) is 20.3 Å². The van der Waals surface area contributed by atoms with Gasteiger partial charge in [0.15, 0.2) is 0 Å². The summed E-state index contributed by atoms with van der Waals surface area (Å²) in [6, 6.07) is 19.9. The first-order chi connectivity index (χ1) is 23.3. The Labute approximate surface area is 288 Å². The van der Waals surface area contributed by atoms with E-state index in [-0.39, 0.29) is 23.8 Å². The van der Waals surface area contributed by atoms with E-state index in [0.29, 0.717) is 74.5 Å². The zero-order valence-corrected chi connectivity index (χ0v) is 28.4. The molecule has 3 heterocycles. The molecule has 6 aromatic rings. The summed E-state index contributed by atoms with van der Waals surface area (Å²) in [4.78, 5) is 17.7. The van der Waals surface area contributed by atoms with Crippen molar-refractivity contribution in [1.29, 1.82) is 0 Å². The highest BCUT2D eigenvalue weighted by Crippen LogP contribution is 2.34. The number of hydrogen-bond acceptors (Lipinski definition) is 10. The lowest BCUT2D eigenvalue weighted by Gasteiger charge is -2.13. The summed E-state index contributed by atoms with van der Waals surface area (Å²) in [5.41, 5.74) is 3.11. The van der Waals surface area contributed by atoms with E-state index in [0.717, 1.165) is 5.01 Å². The monoisotopic (exact) mass is 748 g/mol. The molecule has 6 rings (SSSR count). The summed E-state index contributed by atoms with van der Waals surface area (Å²) in [7, 11) is -2.38. The minimum absolute atomic E-state index is 0.169. The van der Waals surface area contributed by atoms with Crippen LogP contribution in [0.15, 0.2) is 95.2 Å². The lowest BCUT2D eigenvalue weighted by molar-refractivity contribution is 0.303. The Morgan fingerprint density at radius 2 is 1.88 bits per heavy atom. The molecule has 2 N–H and O–H groups in total. The number of nitrogens with one attached hydrogen (secondary N) is 2. The smallest absolute Gasteiger partial charge is 0.220 e. The first-order valence-electron chi connectivity index (χ1n) is 14.7. The molecule has 0 unspecified atom stereocenters. The van der Waals surface area contributed by atoms with Gasteiger partial charge in [0.1, 0.15) is 41.0 Å². The lowest BCUT2D eigenvalue weighted by Crippen LogP contribution is -2.26. The molecule has 0 bridgehead atoms. The standard InChI is InChI=1S/C34H27BrF2N6O3S2/c35-26-14-23(9-10-31(26)46-18-21-5-3-6-22(36)13-21)42-34-25-15-24(27(37)16-29(25)40-20-41-34)30-19-47-33(43-30)8-4-11-38-17-32(48(44)45)28-7-1-2-12-39-28/h1-3,5-7,9-10,12-16,19-20,38H,4,8,11,17-18H2,(H,40,41,42). The van der Waals surface area contributed by atoms with E-state index >= 15 is 4.39 Å². The maximum Gasteiger partial charge on any atom is 0.220 e. The first-order valence-corrected chi connectivity index (χ1v) is 17.5. The fourth-order valence-electron chi connectivity index (χ4n) is 4.87. The predicted molar refractivity (Wildman–Crippen MR) is 187 cm³/mol. The Morgan fingerprint density at radius 3 is 2.67 bits per heavy atom. The maximum absolute atomic E-state index is 15.3. The molecule has 0 radical (unpaired) electrons. The molecule has 3 aromatic heterocycles. The molecule has 48 heavy (non-hydrogen) atoms. The van der Waals surface area contributed by atoms with Gasteiger partial charge in [-0.2, -0.15) is 8.42 Å². The SMILES string of the molecule is O=S(=O)=C(CNCCCc1nc(-c2cc3c(Nc4ccc(OCc5cccc(F)c5)c(Br)c4)ncnc3cc2F)cs1)c1ccccn1. The Balaban J connectivity index is 1.11. The van der Waals surface area contributed by atoms with Gasteiger partial charge < -0.3 is 15.4 Å². The molecule has 0 saturated carbocycles. The van der Waals surface area contributed by atoms with Crippen LogP contribution in [0.5, 0.6) is 5.75 Å². The third-order valence-electron chi connectivity index (χ3n) is 7.21. The van der Waals surface area contributed by atoms with E-state index < -0.39 is 16.1 Å². The van der Waals surface area contributed by atoms with Crippen LogP contribution < -0.4 is 15.4 Å².